The lowest BCUT2D eigenvalue weighted by molar-refractivity contribution is -0.117. The highest BCUT2D eigenvalue weighted by Crippen LogP contribution is 2.21. The Hall–Kier alpha value is -1.86. The van der Waals surface area contributed by atoms with Gasteiger partial charge in [0.25, 0.3) is 0 Å². The molecule has 1 aromatic carbocycles. The third-order valence-corrected chi connectivity index (χ3v) is 2.66. The van der Waals surface area contributed by atoms with Gasteiger partial charge >= 0.3 is 0 Å². The molecule has 0 spiro atoms. The van der Waals surface area contributed by atoms with Crippen molar-refractivity contribution in [1.82, 2.24) is 0 Å². The predicted octanol–water partition coefficient (Wildman–Crippen LogP) is 0.817. The molecule has 1 aliphatic heterocycles. The number of anilines is 1. The Balaban J connectivity index is 2.24. The van der Waals surface area contributed by atoms with Gasteiger partial charge in [-0.05, 0) is 17.7 Å². The SMILES string of the molecule is N#CCc1cccc(N2CC(N)CC2=O)c1. The van der Waals surface area contributed by atoms with E-state index in [0.717, 1.165) is 11.3 Å². The maximum atomic E-state index is 11.6. The van der Waals surface area contributed by atoms with Crippen LogP contribution in [0.25, 0.3) is 0 Å². The summed E-state index contributed by atoms with van der Waals surface area (Å²) in [5.41, 5.74) is 7.50. The molecule has 1 aliphatic rings. The normalized spacial score (nSPS) is 19.9. The molecule has 2 N–H and O–H groups in total. The third-order valence-electron chi connectivity index (χ3n) is 2.66. The molecule has 1 aromatic rings. The Morgan fingerprint density at radius 2 is 2.38 bits per heavy atom. The van der Waals surface area contributed by atoms with Crippen molar-refractivity contribution >= 4 is 11.6 Å². The fraction of sp³-hybridized carbons (Fsp3) is 0.333. The number of carbonyl (C=O) groups excluding carboxylic acids is 1. The monoisotopic (exact) mass is 215 g/mol. The second kappa shape index (κ2) is 4.33. The molecule has 1 unspecified atom stereocenters. The van der Waals surface area contributed by atoms with Crippen LogP contribution in [0.2, 0.25) is 0 Å². The predicted molar refractivity (Wildman–Crippen MR) is 60.7 cm³/mol. The molecule has 4 heteroatoms. The van der Waals surface area contributed by atoms with Gasteiger partial charge < -0.3 is 10.6 Å². The highest BCUT2D eigenvalue weighted by Gasteiger charge is 2.27. The standard InChI is InChI=1S/C12H13N3O/c13-5-4-9-2-1-3-11(6-9)15-8-10(14)7-12(15)16/h1-3,6,10H,4,7-8,14H2. The van der Waals surface area contributed by atoms with Crippen LogP contribution in [0.5, 0.6) is 0 Å². The van der Waals surface area contributed by atoms with Crippen LogP contribution in [-0.4, -0.2) is 18.5 Å². The third kappa shape index (κ3) is 2.05. The number of rotatable bonds is 2. The molecular weight excluding hydrogens is 202 g/mol. The summed E-state index contributed by atoms with van der Waals surface area (Å²) >= 11 is 0. The quantitative estimate of drug-likeness (QED) is 0.793. The molecular formula is C12H13N3O. The Bertz CT molecular complexity index is 450. The first-order valence-electron chi connectivity index (χ1n) is 5.22. The van der Waals surface area contributed by atoms with Gasteiger partial charge in [-0.25, -0.2) is 0 Å². The number of nitrogens with zero attached hydrogens (tertiary/aromatic N) is 2. The fourth-order valence-corrected chi connectivity index (χ4v) is 1.91. The number of hydrogen-bond acceptors (Lipinski definition) is 3. The lowest BCUT2D eigenvalue weighted by Gasteiger charge is -2.16. The van der Waals surface area contributed by atoms with Gasteiger partial charge in [0.2, 0.25) is 5.91 Å². The average molecular weight is 215 g/mol. The lowest BCUT2D eigenvalue weighted by Crippen LogP contribution is -2.27. The maximum absolute atomic E-state index is 11.6. The van der Waals surface area contributed by atoms with Gasteiger partial charge in [0.1, 0.15) is 0 Å². The van der Waals surface area contributed by atoms with E-state index in [0.29, 0.717) is 19.4 Å². The summed E-state index contributed by atoms with van der Waals surface area (Å²) in [5, 5.41) is 8.62. The van der Waals surface area contributed by atoms with Crippen LogP contribution < -0.4 is 10.6 Å². The summed E-state index contributed by atoms with van der Waals surface area (Å²) in [7, 11) is 0. The topological polar surface area (TPSA) is 70.1 Å². The van der Waals surface area contributed by atoms with E-state index in [1.807, 2.05) is 24.3 Å². The van der Waals surface area contributed by atoms with Crippen LogP contribution in [0.4, 0.5) is 5.69 Å². The van der Waals surface area contributed by atoms with E-state index in [1.165, 1.54) is 0 Å². The molecule has 0 aliphatic carbocycles. The molecule has 1 atom stereocenters. The van der Waals surface area contributed by atoms with Gasteiger partial charge in [-0.2, -0.15) is 5.26 Å². The molecule has 4 nitrogen and oxygen atoms in total. The highest BCUT2D eigenvalue weighted by atomic mass is 16.2. The number of carbonyl (C=O) groups is 1. The van der Waals surface area contributed by atoms with Crippen molar-refractivity contribution in [3.63, 3.8) is 0 Å². The van der Waals surface area contributed by atoms with Crippen LogP contribution in [0.3, 0.4) is 0 Å². The van der Waals surface area contributed by atoms with Crippen molar-refractivity contribution in [2.24, 2.45) is 5.73 Å². The first kappa shape index (κ1) is 10.7. The van der Waals surface area contributed by atoms with Crippen molar-refractivity contribution in [2.45, 2.75) is 18.9 Å². The van der Waals surface area contributed by atoms with Crippen LogP contribution >= 0.6 is 0 Å². The summed E-state index contributed by atoms with van der Waals surface area (Å²) in [6.07, 6.45) is 0.768. The van der Waals surface area contributed by atoms with Crippen LogP contribution in [0.1, 0.15) is 12.0 Å². The number of nitriles is 1. The number of nitrogens with two attached hydrogens (primary N) is 1. The Labute approximate surface area is 94.3 Å². The summed E-state index contributed by atoms with van der Waals surface area (Å²) in [6.45, 7) is 0.564. The number of amides is 1. The van der Waals surface area contributed by atoms with Gasteiger partial charge in [-0.3, -0.25) is 4.79 Å². The van der Waals surface area contributed by atoms with Crippen molar-refractivity contribution in [1.29, 1.82) is 5.26 Å². The number of benzene rings is 1. The van der Waals surface area contributed by atoms with Crippen LogP contribution in [-0.2, 0) is 11.2 Å². The Morgan fingerprint density at radius 1 is 1.56 bits per heavy atom. The van der Waals surface area contributed by atoms with Crippen LogP contribution in [0.15, 0.2) is 24.3 Å². The van der Waals surface area contributed by atoms with E-state index in [2.05, 4.69) is 6.07 Å². The smallest absolute Gasteiger partial charge is 0.228 e. The van der Waals surface area contributed by atoms with E-state index < -0.39 is 0 Å². The molecule has 2 rings (SSSR count). The van der Waals surface area contributed by atoms with Gasteiger partial charge in [-0.15, -0.1) is 0 Å². The van der Waals surface area contributed by atoms with E-state index >= 15 is 0 Å². The molecule has 82 valence electrons. The molecule has 16 heavy (non-hydrogen) atoms. The van der Waals surface area contributed by atoms with Crippen molar-refractivity contribution in [2.75, 3.05) is 11.4 Å². The van der Waals surface area contributed by atoms with Crippen molar-refractivity contribution in [3.05, 3.63) is 29.8 Å². The zero-order valence-electron chi connectivity index (χ0n) is 8.89. The summed E-state index contributed by atoms with van der Waals surface area (Å²) in [4.78, 5) is 13.3. The first-order chi connectivity index (χ1) is 7.70. The number of hydrogen-bond donors (Lipinski definition) is 1. The summed E-state index contributed by atoms with van der Waals surface area (Å²) in [6, 6.07) is 9.51. The molecule has 1 saturated heterocycles. The van der Waals surface area contributed by atoms with E-state index in [4.69, 9.17) is 11.0 Å². The zero-order valence-corrected chi connectivity index (χ0v) is 8.89. The van der Waals surface area contributed by atoms with E-state index in [1.54, 1.807) is 4.90 Å². The molecule has 1 amide bonds. The molecule has 0 bridgehead atoms. The van der Waals surface area contributed by atoms with Gasteiger partial charge in [0, 0.05) is 24.7 Å². The second-order valence-corrected chi connectivity index (χ2v) is 3.97. The molecule has 0 radical (unpaired) electrons. The fourth-order valence-electron chi connectivity index (χ4n) is 1.91. The zero-order chi connectivity index (χ0) is 11.5. The Morgan fingerprint density at radius 3 is 3.00 bits per heavy atom. The minimum absolute atomic E-state index is 0.0570. The average Bonchev–Trinajstić information content (AvgIpc) is 2.59. The molecule has 0 aromatic heterocycles. The van der Waals surface area contributed by atoms with Crippen molar-refractivity contribution in [3.8, 4) is 6.07 Å². The minimum Gasteiger partial charge on any atom is -0.326 e. The molecule has 0 saturated carbocycles. The molecule has 1 heterocycles. The van der Waals surface area contributed by atoms with E-state index in [9.17, 15) is 4.79 Å². The van der Waals surface area contributed by atoms with E-state index in [-0.39, 0.29) is 11.9 Å². The molecule has 1 fully saturated rings. The maximum Gasteiger partial charge on any atom is 0.228 e. The highest BCUT2D eigenvalue weighted by molar-refractivity contribution is 5.96. The largest absolute Gasteiger partial charge is 0.326 e. The van der Waals surface area contributed by atoms with Crippen molar-refractivity contribution < 1.29 is 4.79 Å². The Kier molecular flexibility index (Phi) is 2.88. The summed E-state index contributed by atoms with van der Waals surface area (Å²) < 4.78 is 0. The minimum atomic E-state index is -0.0767. The van der Waals surface area contributed by atoms with Crippen LogP contribution in [0, 0.1) is 11.3 Å². The lowest BCUT2D eigenvalue weighted by atomic mass is 10.1. The van der Waals surface area contributed by atoms with Gasteiger partial charge in [-0.1, -0.05) is 12.1 Å². The second-order valence-electron chi connectivity index (χ2n) is 3.97. The van der Waals surface area contributed by atoms with Gasteiger partial charge in [0.05, 0.1) is 12.5 Å². The van der Waals surface area contributed by atoms with Gasteiger partial charge in [0.15, 0.2) is 0 Å². The summed E-state index contributed by atoms with van der Waals surface area (Å²) in [5.74, 6) is 0.0570. The first-order valence-corrected chi connectivity index (χ1v) is 5.22.